The van der Waals surface area contributed by atoms with Crippen LogP contribution in [0.5, 0.6) is 0 Å². The van der Waals surface area contributed by atoms with E-state index >= 15 is 0 Å². The Morgan fingerprint density at radius 1 is 1.39 bits per heavy atom. The van der Waals surface area contributed by atoms with Gasteiger partial charge in [0.05, 0.1) is 12.5 Å². The maximum Gasteiger partial charge on any atom is 0.222 e. The molecule has 2 heterocycles. The number of likely N-dealkylation sites (N-methyl/N-ethyl adjacent to an activating group) is 1. The number of pyridine rings is 1. The zero-order valence-corrected chi connectivity index (χ0v) is 14.0. The summed E-state index contributed by atoms with van der Waals surface area (Å²) < 4.78 is 5.11. The van der Waals surface area contributed by atoms with E-state index in [2.05, 4.69) is 27.1 Å². The van der Waals surface area contributed by atoms with Crippen molar-refractivity contribution in [3.05, 3.63) is 23.9 Å². The van der Waals surface area contributed by atoms with E-state index < -0.39 is 0 Å². The van der Waals surface area contributed by atoms with Crippen molar-refractivity contribution in [1.82, 2.24) is 15.2 Å². The minimum absolute atomic E-state index is 0.0644. The molecule has 0 aliphatic carbocycles. The van der Waals surface area contributed by atoms with Gasteiger partial charge in [-0.05, 0) is 18.7 Å². The van der Waals surface area contributed by atoms with Gasteiger partial charge in [0.2, 0.25) is 5.91 Å². The summed E-state index contributed by atoms with van der Waals surface area (Å²) in [6.07, 6.45) is 1.87. The molecule has 0 aromatic carbocycles. The lowest BCUT2D eigenvalue weighted by Gasteiger charge is -2.33. The highest BCUT2D eigenvalue weighted by atomic mass is 16.5. The lowest BCUT2D eigenvalue weighted by Crippen LogP contribution is -2.44. The smallest absolute Gasteiger partial charge is 0.222 e. The van der Waals surface area contributed by atoms with Gasteiger partial charge in [-0.2, -0.15) is 0 Å². The highest BCUT2D eigenvalue weighted by Crippen LogP contribution is 2.13. The summed E-state index contributed by atoms with van der Waals surface area (Å²) in [5.41, 5.74) is 6.50. The molecular formula is C16H27N5O2. The maximum atomic E-state index is 11.8. The number of hydrogen-bond acceptors (Lipinski definition) is 6. The highest BCUT2D eigenvalue weighted by Gasteiger charge is 2.15. The average Bonchev–Trinajstić information content (AvgIpc) is 2.59. The molecule has 3 N–H and O–H groups in total. The van der Waals surface area contributed by atoms with Crippen LogP contribution < -0.4 is 16.0 Å². The van der Waals surface area contributed by atoms with Gasteiger partial charge in [0.1, 0.15) is 5.82 Å². The second kappa shape index (κ2) is 8.81. The van der Waals surface area contributed by atoms with E-state index in [1.807, 2.05) is 18.3 Å². The second-order valence-electron chi connectivity index (χ2n) is 5.89. The third-order valence-electron chi connectivity index (χ3n) is 4.14. The van der Waals surface area contributed by atoms with E-state index in [0.29, 0.717) is 13.1 Å². The lowest BCUT2D eigenvalue weighted by molar-refractivity contribution is -0.123. The number of carbonyl (C=O) groups is 1. The molecule has 2 rings (SSSR count). The molecule has 1 fully saturated rings. The third kappa shape index (κ3) is 5.46. The van der Waals surface area contributed by atoms with Crippen LogP contribution in [0.15, 0.2) is 18.3 Å². The van der Waals surface area contributed by atoms with Gasteiger partial charge in [0.15, 0.2) is 0 Å². The first kappa shape index (κ1) is 17.7. The highest BCUT2D eigenvalue weighted by molar-refractivity contribution is 5.76. The monoisotopic (exact) mass is 321 g/mol. The molecule has 0 saturated carbocycles. The van der Waals surface area contributed by atoms with E-state index in [4.69, 9.17) is 10.5 Å². The van der Waals surface area contributed by atoms with Gasteiger partial charge in [-0.3, -0.25) is 4.79 Å². The van der Waals surface area contributed by atoms with E-state index in [1.54, 1.807) is 7.11 Å². The number of nitrogens with zero attached hydrogens (tertiary/aromatic N) is 3. The van der Waals surface area contributed by atoms with Crippen LogP contribution in [0.4, 0.5) is 5.82 Å². The number of aromatic nitrogens is 1. The number of hydrogen-bond donors (Lipinski definition) is 2. The molecule has 128 valence electrons. The molecule has 7 heteroatoms. The van der Waals surface area contributed by atoms with Gasteiger partial charge in [-0.25, -0.2) is 4.98 Å². The van der Waals surface area contributed by atoms with Crippen molar-refractivity contribution in [2.24, 2.45) is 5.73 Å². The summed E-state index contributed by atoms with van der Waals surface area (Å²) in [5, 5.41) is 2.87. The number of anilines is 1. The van der Waals surface area contributed by atoms with Gasteiger partial charge in [-0.15, -0.1) is 0 Å². The average molecular weight is 321 g/mol. The summed E-state index contributed by atoms with van der Waals surface area (Å²) in [4.78, 5) is 20.9. The van der Waals surface area contributed by atoms with Crippen molar-refractivity contribution < 1.29 is 9.53 Å². The van der Waals surface area contributed by atoms with Crippen molar-refractivity contribution >= 4 is 11.7 Å². The predicted octanol–water partition coefficient (Wildman–Crippen LogP) is -0.187. The Labute approximate surface area is 137 Å². The minimum Gasteiger partial charge on any atom is -0.380 e. The molecular weight excluding hydrogens is 294 g/mol. The van der Waals surface area contributed by atoms with Crippen LogP contribution in [0.3, 0.4) is 0 Å². The molecule has 1 unspecified atom stereocenters. The fraction of sp³-hybridized carbons (Fsp3) is 0.625. The van der Waals surface area contributed by atoms with Gasteiger partial charge < -0.3 is 25.6 Å². The predicted molar refractivity (Wildman–Crippen MR) is 90.3 cm³/mol. The first-order chi connectivity index (χ1) is 11.1. The molecule has 1 aliphatic heterocycles. The van der Waals surface area contributed by atoms with Crippen molar-refractivity contribution in [1.29, 1.82) is 0 Å². The number of carbonyl (C=O) groups excluding carboxylic acids is 1. The van der Waals surface area contributed by atoms with Crippen molar-refractivity contribution in [3.63, 3.8) is 0 Å². The third-order valence-corrected chi connectivity index (χ3v) is 4.14. The van der Waals surface area contributed by atoms with Crippen LogP contribution in [0, 0.1) is 0 Å². The molecule has 1 aliphatic rings. The van der Waals surface area contributed by atoms with Crippen molar-refractivity contribution in [3.8, 4) is 0 Å². The number of methoxy groups -OCH3 is 1. The summed E-state index contributed by atoms with van der Waals surface area (Å²) in [6.45, 7) is 4.91. The normalized spacial score (nSPS) is 17.1. The van der Waals surface area contributed by atoms with Crippen molar-refractivity contribution in [2.75, 3.05) is 51.8 Å². The van der Waals surface area contributed by atoms with E-state index in [1.165, 1.54) is 0 Å². The van der Waals surface area contributed by atoms with Crippen LogP contribution in [-0.2, 0) is 16.1 Å². The number of piperazine rings is 1. The minimum atomic E-state index is -0.229. The first-order valence-corrected chi connectivity index (χ1v) is 8.00. The molecule has 1 saturated heterocycles. The Morgan fingerprint density at radius 3 is 2.70 bits per heavy atom. The number of nitrogens with two attached hydrogens (primary N) is 1. The van der Waals surface area contributed by atoms with E-state index in [9.17, 15) is 4.79 Å². The Morgan fingerprint density at radius 2 is 2.13 bits per heavy atom. The summed E-state index contributed by atoms with van der Waals surface area (Å²) in [7, 11) is 3.70. The Bertz CT molecular complexity index is 482. The lowest BCUT2D eigenvalue weighted by atomic mass is 10.2. The Hall–Kier alpha value is -1.70. The van der Waals surface area contributed by atoms with Gasteiger partial charge in [-0.1, -0.05) is 6.07 Å². The summed E-state index contributed by atoms with van der Waals surface area (Å²) >= 11 is 0. The fourth-order valence-electron chi connectivity index (χ4n) is 2.49. The molecule has 1 atom stereocenters. The summed E-state index contributed by atoms with van der Waals surface area (Å²) in [6, 6.07) is 4.03. The number of ether oxygens (including phenoxy) is 1. The Balaban J connectivity index is 1.80. The molecule has 1 amide bonds. The van der Waals surface area contributed by atoms with Crippen LogP contribution in [0.1, 0.15) is 12.0 Å². The summed E-state index contributed by atoms with van der Waals surface area (Å²) in [5.74, 6) is 0.932. The Kier molecular flexibility index (Phi) is 6.76. The van der Waals surface area contributed by atoms with Crippen LogP contribution in [0.25, 0.3) is 0 Å². The van der Waals surface area contributed by atoms with Gasteiger partial charge >= 0.3 is 0 Å². The van der Waals surface area contributed by atoms with E-state index in [-0.39, 0.29) is 18.4 Å². The second-order valence-corrected chi connectivity index (χ2v) is 5.89. The fourth-order valence-corrected chi connectivity index (χ4v) is 2.49. The zero-order valence-electron chi connectivity index (χ0n) is 14.0. The molecule has 23 heavy (non-hydrogen) atoms. The number of amides is 1. The van der Waals surface area contributed by atoms with E-state index in [0.717, 1.165) is 37.6 Å². The van der Waals surface area contributed by atoms with Gasteiger partial charge in [0, 0.05) is 52.6 Å². The molecule has 0 radical (unpaired) electrons. The van der Waals surface area contributed by atoms with Crippen LogP contribution >= 0.6 is 0 Å². The molecule has 7 nitrogen and oxygen atoms in total. The van der Waals surface area contributed by atoms with Gasteiger partial charge in [0.25, 0.3) is 0 Å². The largest absolute Gasteiger partial charge is 0.380 e. The standard InChI is InChI=1S/C16H27N5O2/c1-20-5-7-21(8-6-20)15-4-3-13(11-18-15)12-19-16(22)9-14(10-17)23-2/h3-4,11,14H,5-10,12,17H2,1-2H3,(H,19,22). The molecule has 1 aromatic heterocycles. The quantitative estimate of drug-likeness (QED) is 0.724. The number of nitrogens with one attached hydrogen (secondary N) is 1. The maximum absolute atomic E-state index is 11.8. The molecule has 0 bridgehead atoms. The van der Waals surface area contributed by atoms with Crippen molar-refractivity contribution in [2.45, 2.75) is 19.1 Å². The topological polar surface area (TPSA) is 83.7 Å². The van der Waals surface area contributed by atoms with Crippen LogP contribution in [-0.4, -0.2) is 68.8 Å². The van der Waals surface area contributed by atoms with Crippen LogP contribution in [0.2, 0.25) is 0 Å². The zero-order chi connectivity index (χ0) is 16.7. The number of rotatable bonds is 7. The molecule has 0 spiro atoms. The first-order valence-electron chi connectivity index (χ1n) is 8.00. The molecule has 1 aromatic rings. The SMILES string of the molecule is COC(CN)CC(=O)NCc1ccc(N2CCN(C)CC2)nc1.